The van der Waals surface area contributed by atoms with Crippen molar-refractivity contribution in [2.45, 2.75) is 33.3 Å². The van der Waals surface area contributed by atoms with Gasteiger partial charge in [-0.05, 0) is 45.9 Å². The van der Waals surface area contributed by atoms with E-state index in [9.17, 15) is 14.7 Å². The van der Waals surface area contributed by atoms with E-state index in [0.29, 0.717) is 5.56 Å². The van der Waals surface area contributed by atoms with Crippen molar-refractivity contribution >= 4 is 17.6 Å². The van der Waals surface area contributed by atoms with E-state index >= 15 is 0 Å². The number of carbonyl (C=O) groups is 2. The molecule has 0 heterocycles. The van der Waals surface area contributed by atoms with Gasteiger partial charge in [-0.2, -0.15) is 0 Å². The highest BCUT2D eigenvalue weighted by Gasteiger charge is 2.17. The van der Waals surface area contributed by atoms with Crippen molar-refractivity contribution in [3.63, 3.8) is 0 Å². The molecule has 0 saturated carbocycles. The van der Waals surface area contributed by atoms with Crippen LogP contribution in [0.5, 0.6) is 5.75 Å². The summed E-state index contributed by atoms with van der Waals surface area (Å²) in [7, 11) is 0. The number of carbonyl (C=O) groups excluding carboxylic acids is 2. The number of amides is 1. The minimum Gasteiger partial charge on any atom is -0.506 e. The molecule has 0 aliphatic carbocycles. The van der Waals surface area contributed by atoms with Crippen LogP contribution in [0.25, 0.3) is 0 Å². The van der Waals surface area contributed by atoms with E-state index in [4.69, 9.17) is 4.74 Å². The van der Waals surface area contributed by atoms with Gasteiger partial charge in [-0.3, -0.25) is 10.1 Å². The highest BCUT2D eigenvalue weighted by Crippen LogP contribution is 2.25. The summed E-state index contributed by atoms with van der Waals surface area (Å²) in [4.78, 5) is 22.6. The van der Waals surface area contributed by atoms with E-state index in [1.807, 2.05) is 0 Å². The highest BCUT2D eigenvalue weighted by atomic mass is 16.6. The lowest BCUT2D eigenvalue weighted by Gasteiger charge is -2.20. The van der Waals surface area contributed by atoms with Crippen LogP contribution in [0.1, 0.15) is 38.1 Å². The van der Waals surface area contributed by atoms with Gasteiger partial charge in [0.2, 0.25) is 0 Å². The average molecular weight is 251 g/mol. The fraction of sp³-hybridized carbons (Fsp3) is 0.385. The number of aromatic hydroxyl groups is 1. The fourth-order valence-electron chi connectivity index (χ4n) is 1.27. The van der Waals surface area contributed by atoms with Crippen LogP contribution in [0.15, 0.2) is 18.2 Å². The Morgan fingerprint density at radius 3 is 2.33 bits per heavy atom. The van der Waals surface area contributed by atoms with Crippen molar-refractivity contribution in [1.82, 2.24) is 0 Å². The van der Waals surface area contributed by atoms with Crippen LogP contribution in [-0.2, 0) is 4.74 Å². The number of hydrogen-bond donors (Lipinski definition) is 2. The molecule has 1 aromatic carbocycles. The summed E-state index contributed by atoms with van der Waals surface area (Å²) in [6, 6.07) is 4.28. The zero-order valence-electron chi connectivity index (χ0n) is 10.9. The zero-order chi connectivity index (χ0) is 13.9. The molecule has 0 atom stereocenters. The molecule has 5 heteroatoms. The third kappa shape index (κ3) is 4.08. The Balaban J connectivity index is 2.80. The smallest absolute Gasteiger partial charge is 0.412 e. The van der Waals surface area contributed by atoms with Gasteiger partial charge in [-0.25, -0.2) is 4.79 Å². The lowest BCUT2D eigenvalue weighted by atomic mass is 10.1. The minimum atomic E-state index is -0.659. The predicted molar refractivity (Wildman–Crippen MR) is 68.0 cm³/mol. The summed E-state index contributed by atoms with van der Waals surface area (Å²) in [5.41, 5.74) is -0.0320. The van der Waals surface area contributed by atoms with Crippen LogP contribution in [-0.4, -0.2) is 22.6 Å². The van der Waals surface area contributed by atoms with Crippen LogP contribution in [0, 0.1) is 0 Å². The number of Topliss-reactive ketones (excluding diaryl/α,β-unsaturated/α-hetero) is 1. The molecule has 0 saturated heterocycles. The van der Waals surface area contributed by atoms with Crippen molar-refractivity contribution in [2.24, 2.45) is 0 Å². The van der Waals surface area contributed by atoms with Crippen molar-refractivity contribution in [3.05, 3.63) is 23.8 Å². The summed E-state index contributed by atoms with van der Waals surface area (Å²) in [5, 5.41) is 12.1. The van der Waals surface area contributed by atoms with Gasteiger partial charge in [-0.1, -0.05) is 0 Å². The monoisotopic (exact) mass is 251 g/mol. The van der Waals surface area contributed by atoms with Crippen LogP contribution in [0.2, 0.25) is 0 Å². The number of anilines is 1. The van der Waals surface area contributed by atoms with Crippen molar-refractivity contribution in [1.29, 1.82) is 0 Å². The van der Waals surface area contributed by atoms with Crippen LogP contribution < -0.4 is 5.32 Å². The maximum absolute atomic E-state index is 11.5. The Hall–Kier alpha value is -2.04. The first kappa shape index (κ1) is 14.0. The second-order valence-corrected chi connectivity index (χ2v) is 4.92. The number of hydrogen-bond acceptors (Lipinski definition) is 4. The molecule has 98 valence electrons. The summed E-state index contributed by atoms with van der Waals surface area (Å²) >= 11 is 0. The van der Waals surface area contributed by atoms with Crippen molar-refractivity contribution < 1.29 is 19.4 Å². The molecular formula is C13H17NO4. The number of phenols is 1. The quantitative estimate of drug-likeness (QED) is 0.626. The van der Waals surface area contributed by atoms with Gasteiger partial charge in [0, 0.05) is 5.56 Å². The third-order valence-electron chi connectivity index (χ3n) is 2.04. The molecular weight excluding hydrogens is 234 g/mol. The van der Waals surface area contributed by atoms with E-state index < -0.39 is 11.7 Å². The third-order valence-corrected chi connectivity index (χ3v) is 2.04. The molecule has 0 aliphatic rings. The fourth-order valence-corrected chi connectivity index (χ4v) is 1.27. The Morgan fingerprint density at radius 2 is 1.89 bits per heavy atom. The van der Waals surface area contributed by atoms with Gasteiger partial charge in [0.05, 0.1) is 5.69 Å². The zero-order valence-corrected chi connectivity index (χ0v) is 10.9. The van der Waals surface area contributed by atoms with Crippen LogP contribution >= 0.6 is 0 Å². The Kier molecular flexibility index (Phi) is 3.96. The highest BCUT2D eigenvalue weighted by molar-refractivity contribution is 5.96. The van der Waals surface area contributed by atoms with Gasteiger partial charge in [0.1, 0.15) is 11.4 Å². The van der Waals surface area contributed by atoms with E-state index in [0.717, 1.165) is 0 Å². The molecule has 2 N–H and O–H groups in total. The molecule has 0 unspecified atom stereocenters. The lowest BCUT2D eigenvalue weighted by Crippen LogP contribution is -2.27. The summed E-state index contributed by atoms with van der Waals surface area (Å²) in [6.45, 7) is 6.62. The number of nitrogens with one attached hydrogen (secondary N) is 1. The molecule has 1 aromatic rings. The molecule has 0 radical (unpaired) electrons. The molecule has 18 heavy (non-hydrogen) atoms. The lowest BCUT2D eigenvalue weighted by molar-refractivity contribution is 0.0635. The molecule has 5 nitrogen and oxygen atoms in total. The normalized spacial score (nSPS) is 10.9. The first-order chi connectivity index (χ1) is 8.19. The minimum absolute atomic E-state index is 0.158. The summed E-state index contributed by atoms with van der Waals surface area (Å²) < 4.78 is 5.05. The van der Waals surface area contributed by atoms with Crippen LogP contribution in [0.4, 0.5) is 10.5 Å². The molecule has 1 amide bonds. The second kappa shape index (κ2) is 5.08. The number of ketones is 1. The number of rotatable bonds is 2. The SMILES string of the molecule is CC(=O)c1ccc(NC(=O)OC(C)(C)C)c(O)c1. The largest absolute Gasteiger partial charge is 0.506 e. The Labute approximate surface area is 106 Å². The van der Waals surface area contributed by atoms with Crippen molar-refractivity contribution in [2.75, 3.05) is 5.32 Å². The first-order valence-corrected chi connectivity index (χ1v) is 5.53. The standard InChI is InChI=1S/C13H17NO4/c1-8(15)9-5-6-10(11(16)7-9)14-12(17)18-13(2,3)4/h5-7,16H,1-4H3,(H,14,17). The molecule has 0 fully saturated rings. The van der Waals surface area contributed by atoms with Gasteiger partial charge < -0.3 is 9.84 Å². The van der Waals surface area contributed by atoms with E-state index in [1.54, 1.807) is 20.8 Å². The number of phenolic OH excluding ortho intramolecular Hbond substituents is 1. The summed E-state index contributed by atoms with van der Waals surface area (Å²) in [5.74, 6) is -0.331. The topological polar surface area (TPSA) is 75.6 Å². The predicted octanol–water partition coefficient (Wildman–Crippen LogP) is 2.94. The number of ether oxygens (including phenoxy) is 1. The van der Waals surface area contributed by atoms with Gasteiger partial charge in [0.25, 0.3) is 0 Å². The molecule has 1 rings (SSSR count). The average Bonchev–Trinajstić information content (AvgIpc) is 2.17. The number of benzene rings is 1. The second-order valence-electron chi connectivity index (χ2n) is 4.92. The maximum atomic E-state index is 11.5. The van der Waals surface area contributed by atoms with E-state index in [-0.39, 0.29) is 17.2 Å². The molecule has 0 aromatic heterocycles. The first-order valence-electron chi connectivity index (χ1n) is 5.53. The van der Waals surface area contributed by atoms with Gasteiger partial charge in [0.15, 0.2) is 5.78 Å². The molecule has 0 spiro atoms. The van der Waals surface area contributed by atoms with E-state index in [2.05, 4.69) is 5.32 Å². The van der Waals surface area contributed by atoms with Gasteiger partial charge >= 0.3 is 6.09 Å². The molecule has 0 aliphatic heterocycles. The summed E-state index contributed by atoms with van der Waals surface area (Å²) in [6.07, 6.45) is -0.659. The Morgan fingerprint density at radius 1 is 1.28 bits per heavy atom. The molecule has 0 bridgehead atoms. The van der Waals surface area contributed by atoms with E-state index in [1.165, 1.54) is 25.1 Å². The maximum Gasteiger partial charge on any atom is 0.412 e. The van der Waals surface area contributed by atoms with Gasteiger partial charge in [-0.15, -0.1) is 0 Å². The van der Waals surface area contributed by atoms with Crippen LogP contribution in [0.3, 0.4) is 0 Å². The Bertz CT molecular complexity index is 474. The van der Waals surface area contributed by atoms with Crippen molar-refractivity contribution in [3.8, 4) is 5.75 Å².